The van der Waals surface area contributed by atoms with Gasteiger partial charge in [0.1, 0.15) is 21.4 Å². The van der Waals surface area contributed by atoms with Crippen LogP contribution in [0.3, 0.4) is 0 Å². The molecule has 1 aliphatic heterocycles. The van der Waals surface area contributed by atoms with Gasteiger partial charge in [-0.05, 0) is 50.0 Å². The molecule has 4 N–H and O–H groups in total. The van der Waals surface area contributed by atoms with Crippen LogP contribution >= 0.6 is 22.7 Å². The topological polar surface area (TPSA) is 154 Å². The van der Waals surface area contributed by atoms with E-state index in [0.717, 1.165) is 5.56 Å². The zero-order valence-electron chi connectivity index (χ0n) is 26.2. The molecule has 46 heavy (non-hydrogen) atoms. The van der Waals surface area contributed by atoms with Gasteiger partial charge in [0, 0.05) is 42.7 Å². The molecule has 1 aliphatic carbocycles. The molecule has 0 unspecified atom stereocenters. The minimum absolute atomic E-state index is 0.0193. The Balaban J connectivity index is 1.39. The van der Waals surface area contributed by atoms with E-state index in [4.69, 9.17) is 0 Å². The molecule has 3 aromatic rings. The fourth-order valence-electron chi connectivity index (χ4n) is 5.72. The third-order valence-electron chi connectivity index (χ3n) is 8.23. The van der Waals surface area contributed by atoms with E-state index in [-0.39, 0.29) is 59.3 Å². The van der Waals surface area contributed by atoms with E-state index in [1.807, 2.05) is 30.3 Å². The lowest BCUT2D eigenvalue weighted by atomic mass is 9.81. The summed E-state index contributed by atoms with van der Waals surface area (Å²) in [7, 11) is 0. The van der Waals surface area contributed by atoms with Gasteiger partial charge in [-0.3, -0.25) is 19.2 Å². The Kier molecular flexibility index (Phi) is 11.5. The van der Waals surface area contributed by atoms with E-state index in [1.54, 1.807) is 15.7 Å². The maximum Gasteiger partial charge on any atom is 0.271 e. The number of benzene rings is 1. The molecule has 13 heteroatoms. The maximum absolute atomic E-state index is 13.5. The smallest absolute Gasteiger partial charge is 0.271 e. The molecule has 1 aromatic carbocycles. The molecule has 4 bridgehead atoms. The van der Waals surface area contributed by atoms with Crippen molar-refractivity contribution in [2.75, 3.05) is 19.6 Å². The number of carbonyl (C=O) groups is 4. The Morgan fingerprint density at radius 2 is 1.59 bits per heavy atom. The van der Waals surface area contributed by atoms with Gasteiger partial charge in [0.05, 0.1) is 18.2 Å². The largest absolute Gasteiger partial charge is 0.393 e. The van der Waals surface area contributed by atoms with Crippen LogP contribution in [0.15, 0.2) is 41.1 Å². The van der Waals surface area contributed by atoms with Crippen LogP contribution in [-0.4, -0.2) is 69.3 Å². The summed E-state index contributed by atoms with van der Waals surface area (Å²) in [6, 6.07) is 8.93. The van der Waals surface area contributed by atoms with Crippen molar-refractivity contribution in [1.29, 1.82) is 0 Å². The Labute approximate surface area is 277 Å². The first-order valence-electron chi connectivity index (χ1n) is 16.0. The van der Waals surface area contributed by atoms with Gasteiger partial charge in [0.25, 0.3) is 11.8 Å². The van der Waals surface area contributed by atoms with Crippen molar-refractivity contribution in [3.63, 3.8) is 0 Å². The fraction of sp³-hybridized carbons (Fsp3) is 0.515. The van der Waals surface area contributed by atoms with Gasteiger partial charge in [0.15, 0.2) is 0 Å². The normalized spacial score (nSPS) is 23.5. The molecule has 246 valence electrons. The van der Waals surface area contributed by atoms with Crippen molar-refractivity contribution < 1.29 is 24.3 Å². The highest BCUT2D eigenvalue weighted by Crippen LogP contribution is 2.30. The number of aliphatic hydroxyl groups is 1. The van der Waals surface area contributed by atoms with E-state index in [1.165, 1.54) is 22.7 Å². The summed E-state index contributed by atoms with van der Waals surface area (Å²) in [5, 5.41) is 23.5. The van der Waals surface area contributed by atoms with Crippen molar-refractivity contribution in [2.45, 2.75) is 77.0 Å². The van der Waals surface area contributed by atoms with Crippen LogP contribution in [0.5, 0.6) is 0 Å². The molecular formula is C33H42N6O5S2. The molecule has 3 heterocycles. The zero-order valence-corrected chi connectivity index (χ0v) is 27.9. The van der Waals surface area contributed by atoms with Gasteiger partial charge >= 0.3 is 0 Å². The fourth-order valence-corrected chi connectivity index (χ4v) is 7.43. The number of thiazole rings is 2. The van der Waals surface area contributed by atoms with Crippen molar-refractivity contribution in [1.82, 2.24) is 30.8 Å². The number of fused-ring (bicyclic) bond motifs is 4. The number of aliphatic hydroxyl groups excluding tert-OH is 1. The lowest BCUT2D eigenvalue weighted by Crippen LogP contribution is -2.45. The predicted molar refractivity (Wildman–Crippen MR) is 176 cm³/mol. The lowest BCUT2D eigenvalue weighted by molar-refractivity contribution is -0.142. The first kappa shape index (κ1) is 33.7. The Hall–Kier alpha value is -3.68. The van der Waals surface area contributed by atoms with Crippen LogP contribution in [-0.2, 0) is 16.0 Å². The summed E-state index contributed by atoms with van der Waals surface area (Å²) < 4.78 is 0. The molecule has 2 atom stereocenters. The van der Waals surface area contributed by atoms with Crippen LogP contribution in [0.2, 0.25) is 0 Å². The molecule has 11 nitrogen and oxygen atoms in total. The maximum atomic E-state index is 13.5. The summed E-state index contributed by atoms with van der Waals surface area (Å²) in [6.07, 6.45) is 2.84. The van der Waals surface area contributed by atoms with Gasteiger partial charge in [-0.2, -0.15) is 0 Å². The molecule has 2 aliphatic rings. The second-order valence-corrected chi connectivity index (χ2v) is 14.2. The number of nitrogens with one attached hydrogen (secondary N) is 3. The first-order chi connectivity index (χ1) is 22.2. The van der Waals surface area contributed by atoms with Crippen molar-refractivity contribution >= 4 is 46.3 Å². The molecule has 1 saturated carbocycles. The van der Waals surface area contributed by atoms with Crippen LogP contribution < -0.4 is 16.0 Å². The molecular weight excluding hydrogens is 625 g/mol. The average Bonchev–Trinajstić information content (AvgIpc) is 3.71. The number of rotatable bonds is 5. The highest BCUT2D eigenvalue weighted by atomic mass is 32.1. The van der Waals surface area contributed by atoms with Crippen LogP contribution in [0.25, 0.3) is 0 Å². The number of aromatic nitrogens is 2. The SMILES string of the molecule is CC(C)C[C@@H]1NC(=O)CCCN(C(=O)C2CC(O)C2)CCCNC(=O)c2csc(n2)[C@H](Cc2ccccc2)NC(=O)c2csc1n2. The monoisotopic (exact) mass is 666 g/mol. The third-order valence-corrected chi connectivity index (χ3v) is 10.1. The van der Waals surface area contributed by atoms with Crippen molar-refractivity contribution in [3.05, 3.63) is 68.1 Å². The van der Waals surface area contributed by atoms with Crippen LogP contribution in [0.1, 0.15) is 101 Å². The summed E-state index contributed by atoms with van der Waals surface area (Å²) >= 11 is 2.65. The second-order valence-electron chi connectivity index (χ2n) is 12.5. The quantitative estimate of drug-likeness (QED) is 0.321. The summed E-state index contributed by atoms with van der Waals surface area (Å²) in [5.41, 5.74) is 1.54. The Morgan fingerprint density at radius 3 is 2.26 bits per heavy atom. The van der Waals surface area contributed by atoms with Crippen molar-refractivity contribution in [3.8, 4) is 0 Å². The highest BCUT2D eigenvalue weighted by Gasteiger charge is 2.35. The summed E-state index contributed by atoms with van der Waals surface area (Å²) in [4.78, 5) is 63.8. The number of amides is 4. The van der Waals surface area contributed by atoms with Crippen LogP contribution in [0.4, 0.5) is 0 Å². The van der Waals surface area contributed by atoms with Gasteiger partial charge < -0.3 is 26.0 Å². The number of hydrogen-bond acceptors (Lipinski definition) is 9. The second kappa shape index (κ2) is 15.7. The standard InChI is InChI=1S/C33H42N6O5S2/c1-20(2)14-24-31-38-27(19-46-31)30(43)36-25(15-21-8-4-3-5-9-21)32-37-26(18-45-32)29(42)34-11-7-13-39(12-6-10-28(41)35-24)33(44)22-16-23(40)17-22/h3-5,8-9,18-20,22-25,40H,6-7,10-17H2,1-2H3,(H,34,42)(H,35,41)(H,36,43)/t22?,23?,24-,25-/m0/s1. The summed E-state index contributed by atoms with van der Waals surface area (Å²) in [6.45, 7) is 5.32. The van der Waals surface area contributed by atoms with E-state index in [9.17, 15) is 24.3 Å². The van der Waals surface area contributed by atoms with Gasteiger partial charge in [-0.1, -0.05) is 44.2 Å². The number of nitrogens with zero attached hydrogens (tertiary/aromatic N) is 3. The molecule has 5 rings (SSSR count). The summed E-state index contributed by atoms with van der Waals surface area (Å²) in [5.74, 6) is -0.773. The van der Waals surface area contributed by atoms with Gasteiger partial charge in [-0.25, -0.2) is 9.97 Å². The zero-order chi connectivity index (χ0) is 32.6. The molecule has 0 spiro atoms. The molecule has 4 amide bonds. The third kappa shape index (κ3) is 8.98. The first-order valence-corrected chi connectivity index (χ1v) is 17.7. The highest BCUT2D eigenvalue weighted by molar-refractivity contribution is 7.10. The molecule has 0 radical (unpaired) electrons. The Bertz CT molecular complexity index is 1500. The molecule has 1 fully saturated rings. The number of hydrogen-bond donors (Lipinski definition) is 4. The van der Waals surface area contributed by atoms with Gasteiger partial charge in [-0.15, -0.1) is 22.7 Å². The number of carbonyl (C=O) groups excluding carboxylic acids is 4. The van der Waals surface area contributed by atoms with E-state index < -0.39 is 12.1 Å². The molecule has 2 aromatic heterocycles. The van der Waals surface area contributed by atoms with Crippen LogP contribution in [0, 0.1) is 11.8 Å². The van der Waals surface area contributed by atoms with E-state index in [0.29, 0.717) is 68.2 Å². The minimum Gasteiger partial charge on any atom is -0.393 e. The van der Waals surface area contributed by atoms with Gasteiger partial charge in [0.2, 0.25) is 11.8 Å². The van der Waals surface area contributed by atoms with Crippen molar-refractivity contribution in [2.24, 2.45) is 11.8 Å². The molecule has 0 saturated heterocycles. The van der Waals surface area contributed by atoms with E-state index in [2.05, 4.69) is 39.8 Å². The predicted octanol–water partition coefficient (Wildman–Crippen LogP) is 4.03. The lowest BCUT2D eigenvalue weighted by Gasteiger charge is -2.35. The average molecular weight is 667 g/mol. The minimum atomic E-state index is -0.489. The van der Waals surface area contributed by atoms with E-state index >= 15 is 0 Å². The Morgan fingerprint density at radius 1 is 0.935 bits per heavy atom.